The van der Waals surface area contributed by atoms with Crippen LogP contribution < -0.4 is 0 Å². The Bertz CT molecular complexity index is 493. The fraction of sp³-hybridized carbons (Fsp3) is 0.556. The highest BCUT2D eigenvalue weighted by Gasteiger charge is 2.13. The zero-order valence-electron chi connectivity index (χ0n) is 9.58. The molecule has 8 heteroatoms. The number of carboxylic acid groups (broad SMARTS) is 1. The molecule has 0 aliphatic carbocycles. The Hall–Kier alpha value is -1.41. The van der Waals surface area contributed by atoms with Gasteiger partial charge < -0.3 is 9.63 Å². The largest absolute Gasteiger partial charge is 0.476 e. The molecule has 1 rings (SSSR count). The van der Waals surface area contributed by atoms with Crippen LogP contribution in [0.1, 0.15) is 16.2 Å². The van der Waals surface area contributed by atoms with Crippen LogP contribution in [0.3, 0.4) is 0 Å². The first kappa shape index (κ1) is 13.7. The molecule has 1 aromatic heterocycles. The number of aromatic carboxylic acids is 1. The van der Waals surface area contributed by atoms with Gasteiger partial charge in [0.05, 0.1) is 12.3 Å². The van der Waals surface area contributed by atoms with Crippen molar-refractivity contribution in [3.8, 4) is 0 Å². The van der Waals surface area contributed by atoms with Crippen LogP contribution >= 0.6 is 0 Å². The monoisotopic (exact) mass is 262 g/mol. The van der Waals surface area contributed by atoms with Crippen molar-refractivity contribution in [3.05, 3.63) is 17.5 Å². The average Bonchev–Trinajstić information content (AvgIpc) is 2.62. The summed E-state index contributed by atoms with van der Waals surface area (Å²) in [5.41, 5.74) is -0.156. The van der Waals surface area contributed by atoms with Crippen LogP contribution in [0.2, 0.25) is 0 Å². The van der Waals surface area contributed by atoms with Gasteiger partial charge in [0, 0.05) is 18.9 Å². The summed E-state index contributed by atoms with van der Waals surface area (Å²) < 4.78 is 26.7. The second-order valence-electron chi connectivity index (χ2n) is 3.85. The van der Waals surface area contributed by atoms with E-state index in [1.165, 1.54) is 6.07 Å². The highest BCUT2D eigenvalue weighted by atomic mass is 32.2. The van der Waals surface area contributed by atoms with Gasteiger partial charge >= 0.3 is 5.97 Å². The smallest absolute Gasteiger partial charge is 0.358 e. The Balaban J connectivity index is 2.50. The van der Waals surface area contributed by atoms with Crippen molar-refractivity contribution in [3.63, 3.8) is 0 Å². The van der Waals surface area contributed by atoms with Crippen molar-refractivity contribution >= 4 is 15.8 Å². The average molecular weight is 262 g/mol. The van der Waals surface area contributed by atoms with Gasteiger partial charge in [-0.25, -0.2) is 13.2 Å². The molecule has 0 aliphatic rings. The predicted octanol–water partition coefficient (Wildman–Crippen LogP) is -0.151. The van der Waals surface area contributed by atoms with Crippen molar-refractivity contribution in [1.29, 1.82) is 0 Å². The Morgan fingerprint density at radius 3 is 2.71 bits per heavy atom. The van der Waals surface area contributed by atoms with Crippen molar-refractivity contribution in [2.24, 2.45) is 0 Å². The summed E-state index contributed by atoms with van der Waals surface area (Å²) in [5.74, 6) is -0.721. The molecule has 7 nitrogen and oxygen atoms in total. The normalized spacial score (nSPS) is 11.9. The van der Waals surface area contributed by atoms with Gasteiger partial charge in [-0.05, 0) is 7.05 Å². The summed E-state index contributed by atoms with van der Waals surface area (Å²) >= 11 is 0. The summed E-state index contributed by atoms with van der Waals surface area (Å²) in [4.78, 5) is 12.3. The molecule has 0 amide bonds. The van der Waals surface area contributed by atoms with Crippen molar-refractivity contribution in [2.75, 3.05) is 25.6 Å². The standard InChI is InChI=1S/C9H14N2O5S/c1-11(3-4-17(2,14)15)6-7-5-8(9(12)13)10-16-7/h5H,3-4,6H2,1-2H3,(H,12,13). The molecule has 0 spiro atoms. The van der Waals surface area contributed by atoms with Gasteiger partial charge in [-0.15, -0.1) is 0 Å². The fourth-order valence-corrected chi connectivity index (χ4v) is 1.80. The molecule has 1 heterocycles. The van der Waals surface area contributed by atoms with E-state index in [4.69, 9.17) is 9.63 Å². The van der Waals surface area contributed by atoms with Crippen LogP contribution in [0, 0.1) is 0 Å². The fourth-order valence-electron chi connectivity index (χ4n) is 1.16. The highest BCUT2D eigenvalue weighted by Crippen LogP contribution is 2.06. The minimum Gasteiger partial charge on any atom is -0.476 e. The first-order valence-electron chi connectivity index (χ1n) is 4.83. The molecular formula is C9H14N2O5S. The number of carbonyl (C=O) groups is 1. The molecule has 1 N–H and O–H groups in total. The maximum atomic E-state index is 10.9. The zero-order valence-corrected chi connectivity index (χ0v) is 10.4. The number of hydrogen-bond donors (Lipinski definition) is 1. The molecule has 0 radical (unpaired) electrons. The Morgan fingerprint density at radius 2 is 2.24 bits per heavy atom. The van der Waals surface area contributed by atoms with Crippen LogP contribution in [0.4, 0.5) is 0 Å². The number of aromatic nitrogens is 1. The number of sulfone groups is 1. The second kappa shape index (κ2) is 5.28. The van der Waals surface area contributed by atoms with Crippen LogP contribution in [-0.4, -0.2) is 55.2 Å². The molecule has 1 aromatic rings. The quantitative estimate of drug-likeness (QED) is 0.760. The lowest BCUT2D eigenvalue weighted by Gasteiger charge is -2.13. The van der Waals surface area contributed by atoms with Gasteiger partial charge in [0.1, 0.15) is 9.84 Å². The molecule has 96 valence electrons. The number of hydrogen-bond acceptors (Lipinski definition) is 6. The summed E-state index contributed by atoms with van der Waals surface area (Å²) in [7, 11) is -1.29. The lowest BCUT2D eigenvalue weighted by molar-refractivity contribution is 0.0685. The van der Waals surface area contributed by atoms with Gasteiger partial charge in [-0.1, -0.05) is 5.16 Å². The van der Waals surface area contributed by atoms with E-state index in [1.54, 1.807) is 11.9 Å². The Kier molecular flexibility index (Phi) is 4.24. The molecular weight excluding hydrogens is 248 g/mol. The van der Waals surface area contributed by atoms with Gasteiger partial charge in [-0.3, -0.25) is 4.90 Å². The number of nitrogens with zero attached hydrogens (tertiary/aromatic N) is 2. The molecule has 0 saturated heterocycles. The first-order valence-corrected chi connectivity index (χ1v) is 6.89. The van der Waals surface area contributed by atoms with Gasteiger partial charge in [-0.2, -0.15) is 0 Å². The molecule has 0 bridgehead atoms. The van der Waals surface area contributed by atoms with E-state index in [-0.39, 0.29) is 11.4 Å². The second-order valence-corrected chi connectivity index (χ2v) is 6.11. The molecule has 17 heavy (non-hydrogen) atoms. The van der Waals surface area contributed by atoms with Crippen molar-refractivity contribution in [2.45, 2.75) is 6.54 Å². The Morgan fingerprint density at radius 1 is 1.59 bits per heavy atom. The zero-order chi connectivity index (χ0) is 13.1. The lowest BCUT2D eigenvalue weighted by atomic mass is 10.3. The van der Waals surface area contributed by atoms with E-state index in [2.05, 4.69) is 5.16 Å². The molecule has 0 atom stereocenters. The van der Waals surface area contributed by atoms with Crippen LogP contribution in [0.5, 0.6) is 0 Å². The molecule has 0 saturated carbocycles. The van der Waals surface area contributed by atoms with E-state index >= 15 is 0 Å². The molecule has 0 unspecified atom stereocenters. The van der Waals surface area contributed by atoms with Crippen LogP contribution in [0.25, 0.3) is 0 Å². The van der Waals surface area contributed by atoms with E-state index < -0.39 is 15.8 Å². The lowest BCUT2D eigenvalue weighted by Crippen LogP contribution is -2.24. The summed E-state index contributed by atoms with van der Waals surface area (Å²) in [6.07, 6.45) is 1.16. The van der Waals surface area contributed by atoms with E-state index in [1.807, 2.05) is 0 Å². The van der Waals surface area contributed by atoms with Crippen LogP contribution in [-0.2, 0) is 16.4 Å². The molecule has 0 aliphatic heterocycles. The van der Waals surface area contributed by atoms with Crippen molar-refractivity contribution < 1.29 is 22.8 Å². The minimum absolute atomic E-state index is 0.0451. The van der Waals surface area contributed by atoms with Crippen molar-refractivity contribution in [1.82, 2.24) is 10.1 Å². The first-order chi connectivity index (χ1) is 7.78. The number of rotatable bonds is 6. The predicted molar refractivity (Wildman–Crippen MR) is 59.5 cm³/mol. The highest BCUT2D eigenvalue weighted by molar-refractivity contribution is 7.90. The third-order valence-corrected chi connectivity index (χ3v) is 2.97. The van der Waals surface area contributed by atoms with E-state index in [9.17, 15) is 13.2 Å². The SMILES string of the molecule is CN(CCS(C)(=O)=O)Cc1cc(C(=O)O)no1. The van der Waals surface area contributed by atoms with E-state index in [0.29, 0.717) is 18.8 Å². The topological polar surface area (TPSA) is 101 Å². The summed E-state index contributed by atoms with van der Waals surface area (Å²) in [6, 6.07) is 1.32. The number of carboxylic acids is 1. The molecule has 0 fully saturated rings. The third kappa shape index (κ3) is 4.96. The maximum absolute atomic E-state index is 10.9. The Labute approximate surface area is 98.9 Å². The third-order valence-electron chi connectivity index (χ3n) is 2.05. The van der Waals surface area contributed by atoms with Gasteiger partial charge in [0.2, 0.25) is 0 Å². The van der Waals surface area contributed by atoms with Gasteiger partial charge in [0.25, 0.3) is 0 Å². The van der Waals surface area contributed by atoms with Gasteiger partial charge in [0.15, 0.2) is 11.5 Å². The molecule has 0 aromatic carbocycles. The minimum atomic E-state index is -3.00. The summed E-state index contributed by atoms with van der Waals surface area (Å²) in [6.45, 7) is 0.664. The van der Waals surface area contributed by atoms with Crippen LogP contribution in [0.15, 0.2) is 10.6 Å². The maximum Gasteiger partial charge on any atom is 0.358 e. The summed E-state index contributed by atoms with van der Waals surface area (Å²) in [5, 5.41) is 12.0. The van der Waals surface area contributed by atoms with E-state index in [0.717, 1.165) is 6.26 Å².